The number of aliphatic imine (C=N–C) groups is 1. The van der Waals surface area contributed by atoms with Gasteiger partial charge >= 0.3 is 0 Å². The molecule has 6 heteroatoms. The van der Waals surface area contributed by atoms with Gasteiger partial charge in [0.15, 0.2) is 5.96 Å². The van der Waals surface area contributed by atoms with Crippen molar-refractivity contribution in [1.29, 1.82) is 0 Å². The Morgan fingerprint density at radius 3 is 2.72 bits per heavy atom. The van der Waals surface area contributed by atoms with Crippen molar-refractivity contribution in [2.24, 2.45) is 4.99 Å². The fraction of sp³-hybridized carbons (Fsp3) is 0.474. The lowest BCUT2D eigenvalue weighted by atomic mass is 10.2. The van der Waals surface area contributed by atoms with Crippen molar-refractivity contribution in [3.8, 4) is 0 Å². The molecule has 2 aromatic rings. The molecule has 1 heterocycles. The molecule has 0 unspecified atom stereocenters. The Bertz CT molecular complexity index is 692. The maximum atomic E-state index is 11.6. The normalized spacial score (nSPS) is 11.5. The number of rotatable bonds is 9. The summed E-state index contributed by atoms with van der Waals surface area (Å²) in [5, 5.41) is 10.6. The number of benzene rings is 1. The zero-order valence-corrected chi connectivity index (χ0v) is 15.2. The van der Waals surface area contributed by atoms with E-state index in [1.807, 2.05) is 13.8 Å². The second-order valence-electron chi connectivity index (χ2n) is 5.89. The van der Waals surface area contributed by atoms with Crippen molar-refractivity contribution >= 4 is 22.8 Å². The molecule has 0 fully saturated rings. The lowest BCUT2D eigenvalue weighted by Gasteiger charge is -2.12. The van der Waals surface area contributed by atoms with Crippen molar-refractivity contribution in [3.05, 3.63) is 36.5 Å². The van der Waals surface area contributed by atoms with E-state index in [2.05, 4.69) is 62.0 Å². The first-order valence-corrected chi connectivity index (χ1v) is 9.07. The number of amides is 1. The third-order valence-corrected chi connectivity index (χ3v) is 3.85. The van der Waals surface area contributed by atoms with Crippen LogP contribution >= 0.6 is 0 Å². The maximum absolute atomic E-state index is 11.6. The molecule has 1 aromatic heterocycles. The van der Waals surface area contributed by atoms with E-state index < -0.39 is 0 Å². The highest BCUT2D eigenvalue weighted by atomic mass is 16.1. The van der Waals surface area contributed by atoms with E-state index in [0.29, 0.717) is 12.5 Å². The quantitative estimate of drug-likeness (QED) is 0.371. The van der Waals surface area contributed by atoms with Gasteiger partial charge in [-0.3, -0.25) is 4.79 Å². The number of carbonyl (C=O) groups is 1. The number of carbonyl (C=O) groups excluding carboxylic acids is 1. The number of aryl methyl sites for hydroxylation is 1. The number of fused-ring (bicyclic) bond motifs is 1. The van der Waals surface area contributed by atoms with Crippen LogP contribution in [0.1, 0.15) is 26.7 Å². The number of nitrogens with one attached hydrogen (secondary N) is 3. The van der Waals surface area contributed by atoms with Gasteiger partial charge in [-0.05, 0) is 37.3 Å². The van der Waals surface area contributed by atoms with E-state index in [1.165, 1.54) is 10.9 Å². The van der Waals surface area contributed by atoms with Gasteiger partial charge in [0.25, 0.3) is 0 Å². The van der Waals surface area contributed by atoms with Crippen molar-refractivity contribution in [2.45, 2.75) is 33.2 Å². The maximum Gasteiger partial charge on any atom is 0.241 e. The molecule has 6 nitrogen and oxygen atoms in total. The van der Waals surface area contributed by atoms with Gasteiger partial charge in [-0.2, -0.15) is 0 Å². The van der Waals surface area contributed by atoms with Crippen molar-refractivity contribution in [2.75, 3.05) is 26.2 Å². The summed E-state index contributed by atoms with van der Waals surface area (Å²) in [7, 11) is 0. The molecule has 3 N–H and O–H groups in total. The lowest BCUT2D eigenvalue weighted by Crippen LogP contribution is -2.39. The first-order valence-electron chi connectivity index (χ1n) is 9.07. The van der Waals surface area contributed by atoms with Crippen LogP contribution in [0.5, 0.6) is 0 Å². The van der Waals surface area contributed by atoms with Gasteiger partial charge in [-0.1, -0.05) is 25.1 Å². The molecular weight excluding hydrogens is 314 g/mol. The number of nitrogens with zero attached hydrogens (tertiary/aromatic N) is 2. The van der Waals surface area contributed by atoms with Crippen LogP contribution in [0.2, 0.25) is 0 Å². The Morgan fingerprint density at radius 1 is 1.08 bits per heavy atom. The standard InChI is InChI=1S/C19H29N5O/c1-3-11-21-18(25)15-23-19(20-4-2)22-12-7-13-24-14-10-16-8-5-6-9-17(16)24/h5-6,8-10,14H,3-4,7,11-13,15H2,1-2H3,(H,21,25)(H2,20,22,23). The zero-order chi connectivity index (χ0) is 17.9. The Hall–Kier alpha value is -2.50. The summed E-state index contributed by atoms with van der Waals surface area (Å²) in [6.45, 7) is 7.40. The molecule has 2 rings (SSSR count). The van der Waals surface area contributed by atoms with Crippen molar-refractivity contribution < 1.29 is 4.79 Å². The fourth-order valence-electron chi connectivity index (χ4n) is 2.60. The molecule has 136 valence electrons. The van der Waals surface area contributed by atoms with Gasteiger partial charge < -0.3 is 20.5 Å². The van der Waals surface area contributed by atoms with E-state index in [0.717, 1.165) is 32.5 Å². The third kappa shape index (κ3) is 6.14. The molecule has 25 heavy (non-hydrogen) atoms. The van der Waals surface area contributed by atoms with Gasteiger partial charge in [0, 0.05) is 37.9 Å². The topological polar surface area (TPSA) is 70.4 Å². The summed E-state index contributed by atoms with van der Waals surface area (Å²) in [5.41, 5.74) is 1.26. The van der Waals surface area contributed by atoms with E-state index in [-0.39, 0.29) is 12.5 Å². The Balaban J connectivity index is 1.77. The van der Waals surface area contributed by atoms with Crippen molar-refractivity contribution in [1.82, 2.24) is 20.5 Å². The summed E-state index contributed by atoms with van der Waals surface area (Å²) >= 11 is 0. The summed E-state index contributed by atoms with van der Waals surface area (Å²) in [4.78, 5) is 16.0. The molecule has 0 saturated heterocycles. The minimum Gasteiger partial charge on any atom is -0.357 e. The van der Waals surface area contributed by atoms with E-state index in [4.69, 9.17) is 0 Å². The monoisotopic (exact) mass is 343 g/mol. The number of hydrogen-bond acceptors (Lipinski definition) is 2. The Kier molecular flexibility index (Phi) is 7.82. The molecule has 0 aliphatic rings. The highest BCUT2D eigenvalue weighted by molar-refractivity contribution is 5.84. The molecule has 0 bridgehead atoms. The van der Waals surface area contributed by atoms with Crippen LogP contribution < -0.4 is 16.0 Å². The van der Waals surface area contributed by atoms with Crippen LogP contribution in [0.25, 0.3) is 10.9 Å². The minimum atomic E-state index is -0.0436. The number of guanidine groups is 1. The minimum absolute atomic E-state index is 0.0436. The van der Waals surface area contributed by atoms with Gasteiger partial charge in [0.1, 0.15) is 6.54 Å². The second-order valence-corrected chi connectivity index (χ2v) is 5.89. The number of para-hydroxylation sites is 1. The highest BCUT2D eigenvalue weighted by Gasteiger charge is 2.02. The highest BCUT2D eigenvalue weighted by Crippen LogP contribution is 2.15. The van der Waals surface area contributed by atoms with Gasteiger partial charge in [0.2, 0.25) is 5.91 Å². The van der Waals surface area contributed by atoms with Crippen molar-refractivity contribution in [3.63, 3.8) is 0 Å². The van der Waals surface area contributed by atoms with Crippen LogP contribution in [-0.4, -0.2) is 42.6 Å². The number of aromatic nitrogens is 1. The number of hydrogen-bond donors (Lipinski definition) is 3. The summed E-state index contributed by atoms with van der Waals surface area (Å²) in [6.07, 6.45) is 4.04. The van der Waals surface area contributed by atoms with Crippen LogP contribution in [0, 0.1) is 0 Å². The van der Waals surface area contributed by atoms with Gasteiger partial charge in [-0.25, -0.2) is 4.99 Å². The molecule has 0 aliphatic heterocycles. The van der Waals surface area contributed by atoms with E-state index in [1.54, 1.807) is 0 Å². The molecule has 0 spiro atoms. The molecule has 0 saturated carbocycles. The summed E-state index contributed by atoms with van der Waals surface area (Å²) in [6, 6.07) is 10.5. The largest absolute Gasteiger partial charge is 0.357 e. The average Bonchev–Trinajstić information content (AvgIpc) is 3.04. The first-order chi connectivity index (χ1) is 12.2. The SMILES string of the molecule is CCCNC(=O)CN=C(NCC)NCCCn1ccc2ccccc21. The summed E-state index contributed by atoms with van der Waals surface area (Å²) in [5.74, 6) is 0.643. The third-order valence-electron chi connectivity index (χ3n) is 3.85. The van der Waals surface area contributed by atoms with Gasteiger partial charge in [0.05, 0.1) is 0 Å². The second kappa shape index (κ2) is 10.4. The molecule has 0 aliphatic carbocycles. The van der Waals surface area contributed by atoms with E-state index in [9.17, 15) is 4.79 Å². The van der Waals surface area contributed by atoms with Crippen LogP contribution in [0.4, 0.5) is 0 Å². The molecule has 0 atom stereocenters. The molecule has 1 amide bonds. The Labute approximate surface area is 149 Å². The molecular formula is C19H29N5O. The van der Waals surface area contributed by atoms with E-state index >= 15 is 0 Å². The fourth-order valence-corrected chi connectivity index (χ4v) is 2.60. The predicted octanol–water partition coefficient (Wildman–Crippen LogP) is 2.11. The smallest absolute Gasteiger partial charge is 0.241 e. The summed E-state index contributed by atoms with van der Waals surface area (Å²) < 4.78 is 2.26. The van der Waals surface area contributed by atoms with Crippen LogP contribution in [0.15, 0.2) is 41.5 Å². The van der Waals surface area contributed by atoms with Crippen LogP contribution in [-0.2, 0) is 11.3 Å². The Morgan fingerprint density at radius 2 is 1.92 bits per heavy atom. The first kappa shape index (κ1) is 18.8. The molecule has 1 aromatic carbocycles. The lowest BCUT2D eigenvalue weighted by molar-refractivity contribution is -0.119. The zero-order valence-electron chi connectivity index (χ0n) is 15.2. The van der Waals surface area contributed by atoms with Crippen LogP contribution in [0.3, 0.4) is 0 Å². The van der Waals surface area contributed by atoms with Gasteiger partial charge in [-0.15, -0.1) is 0 Å². The molecule has 0 radical (unpaired) electrons. The predicted molar refractivity (Wildman–Crippen MR) is 104 cm³/mol. The average molecular weight is 343 g/mol.